The van der Waals surface area contributed by atoms with E-state index >= 15 is 0 Å². The lowest BCUT2D eigenvalue weighted by molar-refractivity contribution is -0.139. The maximum absolute atomic E-state index is 12.4. The highest BCUT2D eigenvalue weighted by Gasteiger charge is 2.33. The second kappa shape index (κ2) is 9.33. The van der Waals surface area contributed by atoms with E-state index in [0.717, 1.165) is 36.9 Å². The van der Waals surface area contributed by atoms with E-state index in [4.69, 9.17) is 5.73 Å². The van der Waals surface area contributed by atoms with E-state index in [1.807, 2.05) is 24.3 Å². The van der Waals surface area contributed by atoms with Crippen molar-refractivity contribution in [1.29, 1.82) is 0 Å². The van der Waals surface area contributed by atoms with Gasteiger partial charge in [0.2, 0.25) is 17.7 Å². The molecule has 2 fully saturated rings. The first-order chi connectivity index (χ1) is 12.5. The van der Waals surface area contributed by atoms with Crippen molar-refractivity contribution in [3.63, 3.8) is 0 Å². The number of hydrogen-bond acceptors (Lipinski definition) is 4. The second-order valence-electron chi connectivity index (χ2n) is 7.56. The van der Waals surface area contributed by atoms with Gasteiger partial charge in [-0.2, -0.15) is 0 Å². The minimum absolute atomic E-state index is 0. The van der Waals surface area contributed by atoms with Gasteiger partial charge in [0.15, 0.2) is 0 Å². The van der Waals surface area contributed by atoms with Crippen molar-refractivity contribution in [2.24, 2.45) is 11.1 Å². The maximum Gasteiger partial charge on any atom is 0.229 e. The Morgan fingerprint density at radius 1 is 1.04 bits per heavy atom. The summed E-state index contributed by atoms with van der Waals surface area (Å²) in [5, 5.41) is 2.94. The zero-order valence-electron chi connectivity index (χ0n) is 15.5. The predicted molar refractivity (Wildman–Crippen MR) is 106 cm³/mol. The number of hydrogen-bond donors (Lipinski definition) is 2. The average Bonchev–Trinajstić information content (AvgIpc) is 2.96. The van der Waals surface area contributed by atoms with Crippen LogP contribution in [0.3, 0.4) is 0 Å². The number of carbonyl (C=O) groups excluding carboxylic acids is 3. The molecule has 1 saturated carbocycles. The first-order valence-electron chi connectivity index (χ1n) is 9.43. The van der Waals surface area contributed by atoms with E-state index in [1.165, 1.54) is 11.3 Å². The number of imide groups is 1. The Morgan fingerprint density at radius 3 is 2.19 bits per heavy atom. The Morgan fingerprint density at radius 2 is 1.63 bits per heavy atom. The van der Waals surface area contributed by atoms with Crippen molar-refractivity contribution in [3.05, 3.63) is 29.8 Å². The molecule has 27 heavy (non-hydrogen) atoms. The number of rotatable bonds is 6. The first kappa shape index (κ1) is 21.4. The summed E-state index contributed by atoms with van der Waals surface area (Å²) in [6, 6.07) is 7.31. The van der Waals surface area contributed by atoms with E-state index in [-0.39, 0.29) is 35.5 Å². The third-order valence-corrected chi connectivity index (χ3v) is 5.62. The summed E-state index contributed by atoms with van der Waals surface area (Å²) in [6.07, 6.45) is 6.63. The van der Waals surface area contributed by atoms with E-state index < -0.39 is 0 Å². The minimum Gasteiger partial charge on any atom is -0.330 e. The highest BCUT2D eigenvalue weighted by molar-refractivity contribution is 6.01. The normalized spacial score (nSPS) is 18.9. The topological polar surface area (TPSA) is 92.5 Å². The van der Waals surface area contributed by atoms with Crippen molar-refractivity contribution in [1.82, 2.24) is 4.90 Å². The van der Waals surface area contributed by atoms with Crippen molar-refractivity contribution in [2.45, 2.75) is 57.9 Å². The van der Waals surface area contributed by atoms with Crippen LogP contribution in [0.15, 0.2) is 24.3 Å². The average molecular weight is 394 g/mol. The van der Waals surface area contributed by atoms with E-state index in [1.54, 1.807) is 0 Å². The Labute approximate surface area is 166 Å². The van der Waals surface area contributed by atoms with Gasteiger partial charge in [-0.25, -0.2) is 0 Å². The van der Waals surface area contributed by atoms with Gasteiger partial charge in [-0.1, -0.05) is 31.4 Å². The van der Waals surface area contributed by atoms with Crippen molar-refractivity contribution in [2.75, 3.05) is 11.9 Å². The summed E-state index contributed by atoms with van der Waals surface area (Å²) in [7, 11) is 0. The molecule has 0 atom stereocenters. The Hall–Kier alpha value is -1.92. The zero-order chi connectivity index (χ0) is 18.6. The van der Waals surface area contributed by atoms with Gasteiger partial charge in [0.05, 0.1) is 6.54 Å². The number of carbonyl (C=O) groups is 3. The van der Waals surface area contributed by atoms with Crippen molar-refractivity contribution >= 4 is 35.8 Å². The number of nitrogens with zero attached hydrogens (tertiary/aromatic N) is 1. The van der Waals surface area contributed by atoms with Crippen LogP contribution in [0.4, 0.5) is 5.69 Å². The molecule has 1 heterocycles. The Kier molecular flexibility index (Phi) is 7.39. The van der Waals surface area contributed by atoms with Crippen molar-refractivity contribution in [3.8, 4) is 0 Å². The van der Waals surface area contributed by atoms with Crippen LogP contribution in [0.2, 0.25) is 0 Å². The largest absolute Gasteiger partial charge is 0.330 e. The Bertz CT molecular complexity index is 668. The van der Waals surface area contributed by atoms with Gasteiger partial charge >= 0.3 is 0 Å². The molecule has 148 valence electrons. The second-order valence-corrected chi connectivity index (χ2v) is 7.56. The molecule has 0 bridgehead atoms. The number of benzene rings is 1. The molecule has 1 aliphatic carbocycles. The van der Waals surface area contributed by atoms with Gasteiger partial charge in [0.1, 0.15) is 0 Å². The number of halogens is 1. The highest BCUT2D eigenvalue weighted by atomic mass is 35.5. The van der Waals surface area contributed by atoms with E-state index in [0.29, 0.717) is 32.4 Å². The monoisotopic (exact) mass is 393 g/mol. The quantitative estimate of drug-likeness (QED) is 0.726. The molecule has 1 aromatic rings. The summed E-state index contributed by atoms with van der Waals surface area (Å²) < 4.78 is 0. The van der Waals surface area contributed by atoms with Crippen LogP contribution in [0, 0.1) is 5.41 Å². The molecule has 0 aromatic heterocycles. The molecule has 7 heteroatoms. The molecule has 0 radical (unpaired) electrons. The van der Waals surface area contributed by atoms with Gasteiger partial charge in [0.25, 0.3) is 0 Å². The maximum atomic E-state index is 12.4. The fraction of sp³-hybridized carbons (Fsp3) is 0.550. The van der Waals surface area contributed by atoms with Gasteiger partial charge < -0.3 is 11.1 Å². The number of nitrogens with two attached hydrogens (primary N) is 1. The summed E-state index contributed by atoms with van der Waals surface area (Å²) in [5.74, 6) is -0.242. The van der Waals surface area contributed by atoms with Crippen LogP contribution in [-0.2, 0) is 20.9 Å². The van der Waals surface area contributed by atoms with Crippen molar-refractivity contribution < 1.29 is 14.4 Å². The van der Waals surface area contributed by atoms with Crippen LogP contribution in [0.25, 0.3) is 0 Å². The van der Waals surface area contributed by atoms with Crippen LogP contribution in [-0.4, -0.2) is 29.2 Å². The molecule has 1 saturated heterocycles. The Balaban J connectivity index is 0.00000261. The molecule has 6 nitrogen and oxygen atoms in total. The number of nitrogens with one attached hydrogen (secondary N) is 1. The fourth-order valence-corrected chi connectivity index (χ4v) is 3.98. The molecule has 3 N–H and O–H groups in total. The lowest BCUT2D eigenvalue weighted by atomic mass is 9.71. The van der Waals surface area contributed by atoms with E-state index in [9.17, 15) is 14.4 Å². The number of anilines is 1. The molecule has 1 aromatic carbocycles. The lowest BCUT2D eigenvalue weighted by Crippen LogP contribution is -2.36. The minimum atomic E-state index is -0.119. The summed E-state index contributed by atoms with van der Waals surface area (Å²) in [4.78, 5) is 37.1. The summed E-state index contributed by atoms with van der Waals surface area (Å²) >= 11 is 0. The molecule has 3 rings (SSSR count). The predicted octanol–water partition coefficient (Wildman–Crippen LogP) is 3.00. The summed E-state index contributed by atoms with van der Waals surface area (Å²) in [5.41, 5.74) is 7.50. The smallest absolute Gasteiger partial charge is 0.229 e. The van der Waals surface area contributed by atoms with Gasteiger partial charge in [-0.15, -0.1) is 12.4 Å². The molecule has 2 aliphatic rings. The molecule has 0 unspecified atom stereocenters. The first-order valence-corrected chi connectivity index (χ1v) is 9.43. The van der Waals surface area contributed by atoms with E-state index in [2.05, 4.69) is 5.32 Å². The molecule has 1 aliphatic heterocycles. The van der Waals surface area contributed by atoms with Crippen LogP contribution < -0.4 is 11.1 Å². The van der Waals surface area contributed by atoms with Gasteiger partial charge in [-0.3, -0.25) is 19.3 Å². The van der Waals surface area contributed by atoms with Gasteiger partial charge in [-0.05, 0) is 42.5 Å². The highest BCUT2D eigenvalue weighted by Crippen LogP contribution is 2.38. The molecule has 3 amide bonds. The van der Waals surface area contributed by atoms with Crippen LogP contribution in [0.1, 0.15) is 56.9 Å². The fourth-order valence-electron chi connectivity index (χ4n) is 3.98. The zero-order valence-corrected chi connectivity index (χ0v) is 16.4. The number of amides is 3. The molecular formula is C20H28ClN3O3. The van der Waals surface area contributed by atoms with Crippen LogP contribution in [0.5, 0.6) is 0 Å². The van der Waals surface area contributed by atoms with Crippen LogP contribution >= 0.6 is 12.4 Å². The third kappa shape index (κ3) is 5.30. The number of likely N-dealkylation sites (tertiary alicyclic amines) is 1. The summed E-state index contributed by atoms with van der Waals surface area (Å²) in [6.45, 7) is 0.847. The molecular weight excluding hydrogens is 366 g/mol. The van der Waals surface area contributed by atoms with Gasteiger partial charge in [0, 0.05) is 24.9 Å². The molecule has 0 spiro atoms. The standard InChI is InChI=1S/C20H27N3O3.ClH/c21-14-20(10-2-1-3-11-20)12-17(24)22-16-6-4-15(5-7-16)13-23-18(25)8-9-19(23)26;/h4-7H,1-3,8-14,21H2,(H,22,24);1H. The third-order valence-electron chi connectivity index (χ3n) is 5.62. The SMILES string of the molecule is Cl.NCC1(CC(=O)Nc2ccc(CN3C(=O)CCC3=O)cc2)CCCCC1. The lowest BCUT2D eigenvalue weighted by Gasteiger charge is -2.35.